The van der Waals surface area contributed by atoms with Gasteiger partial charge in [-0.05, 0) is 54.9 Å². The Morgan fingerprint density at radius 1 is 1.17 bits per heavy atom. The molecule has 1 aromatic carbocycles. The maximum atomic E-state index is 12.9. The first kappa shape index (κ1) is 19.8. The zero-order chi connectivity index (χ0) is 20.1. The summed E-state index contributed by atoms with van der Waals surface area (Å²) in [6.45, 7) is 4.43. The molecule has 2 saturated heterocycles. The van der Waals surface area contributed by atoms with Crippen molar-refractivity contribution >= 4 is 5.91 Å². The third-order valence-electron chi connectivity index (χ3n) is 5.87. The number of hydrogen-bond donors (Lipinski definition) is 0. The summed E-state index contributed by atoms with van der Waals surface area (Å²) < 4.78 is 12.7. The molecule has 9 nitrogen and oxygen atoms in total. The second-order valence-corrected chi connectivity index (χ2v) is 7.61. The van der Waals surface area contributed by atoms with Crippen LogP contribution in [0.1, 0.15) is 25.1 Å². The average molecular weight is 400 g/mol. The van der Waals surface area contributed by atoms with Crippen LogP contribution in [-0.4, -0.2) is 82.4 Å². The van der Waals surface area contributed by atoms with Crippen LogP contribution in [0.15, 0.2) is 30.3 Å². The minimum absolute atomic E-state index is 0.00848. The third-order valence-corrected chi connectivity index (χ3v) is 5.87. The van der Waals surface area contributed by atoms with Crippen molar-refractivity contribution in [1.82, 2.24) is 30.0 Å². The minimum Gasteiger partial charge on any atom is -0.484 e. The van der Waals surface area contributed by atoms with Gasteiger partial charge in [-0.25, -0.2) is 4.68 Å². The highest BCUT2D eigenvalue weighted by Gasteiger charge is 2.50. The summed E-state index contributed by atoms with van der Waals surface area (Å²) >= 11 is 0. The topological polar surface area (TPSA) is 85.6 Å². The fraction of sp³-hybridized carbons (Fsp3) is 0.600. The van der Waals surface area contributed by atoms with Gasteiger partial charge < -0.3 is 14.4 Å². The number of carbonyl (C=O) groups is 1. The number of rotatable bonds is 8. The van der Waals surface area contributed by atoms with Gasteiger partial charge in [-0.1, -0.05) is 18.2 Å². The molecule has 0 saturated carbocycles. The van der Waals surface area contributed by atoms with Crippen LogP contribution in [0.4, 0.5) is 0 Å². The average Bonchev–Trinajstić information content (AvgIpc) is 3.51. The van der Waals surface area contributed by atoms with Crippen molar-refractivity contribution < 1.29 is 14.3 Å². The summed E-state index contributed by atoms with van der Waals surface area (Å²) in [5, 5.41) is 12.5. The number of benzene rings is 1. The lowest BCUT2D eigenvalue weighted by atomic mass is 9.95. The first-order valence-corrected chi connectivity index (χ1v) is 10.2. The number of aromatic nitrogens is 4. The molecule has 2 aliphatic rings. The first-order chi connectivity index (χ1) is 14.2. The van der Waals surface area contributed by atoms with Crippen LogP contribution in [0, 0.1) is 0 Å². The molecule has 29 heavy (non-hydrogen) atoms. The van der Waals surface area contributed by atoms with Gasteiger partial charge in [0.05, 0.1) is 13.2 Å². The molecule has 0 radical (unpaired) electrons. The molecular formula is C20H28N6O3. The van der Waals surface area contributed by atoms with E-state index in [2.05, 4.69) is 20.4 Å². The third kappa shape index (κ3) is 4.11. The van der Waals surface area contributed by atoms with Crippen LogP contribution in [-0.2, 0) is 21.6 Å². The molecule has 0 spiro atoms. The molecule has 9 heteroatoms. The largest absolute Gasteiger partial charge is 0.484 e. The van der Waals surface area contributed by atoms with Crippen molar-refractivity contribution in [2.75, 3.05) is 46.5 Å². The molecule has 1 atom stereocenters. The van der Waals surface area contributed by atoms with E-state index in [1.54, 1.807) is 7.11 Å². The van der Waals surface area contributed by atoms with Gasteiger partial charge in [0.2, 0.25) is 0 Å². The van der Waals surface area contributed by atoms with Gasteiger partial charge in [0, 0.05) is 20.2 Å². The highest BCUT2D eigenvalue weighted by atomic mass is 16.5. The Bertz CT molecular complexity index is 808. The number of para-hydroxylation sites is 1. The van der Waals surface area contributed by atoms with Gasteiger partial charge >= 0.3 is 0 Å². The van der Waals surface area contributed by atoms with E-state index >= 15 is 0 Å². The first-order valence-electron chi connectivity index (χ1n) is 10.2. The zero-order valence-corrected chi connectivity index (χ0v) is 16.9. The predicted molar refractivity (Wildman–Crippen MR) is 105 cm³/mol. The molecule has 4 rings (SSSR count). The highest BCUT2D eigenvalue weighted by molar-refractivity contribution is 5.78. The fourth-order valence-corrected chi connectivity index (χ4v) is 4.35. The molecule has 3 heterocycles. The van der Waals surface area contributed by atoms with E-state index in [9.17, 15) is 4.79 Å². The van der Waals surface area contributed by atoms with Crippen LogP contribution < -0.4 is 4.74 Å². The molecule has 2 aliphatic heterocycles. The summed E-state index contributed by atoms with van der Waals surface area (Å²) in [5.74, 6) is 1.52. The van der Waals surface area contributed by atoms with E-state index in [4.69, 9.17) is 9.47 Å². The Labute approximate surface area is 170 Å². The molecule has 2 fully saturated rings. The fourth-order valence-electron chi connectivity index (χ4n) is 4.35. The van der Waals surface area contributed by atoms with Gasteiger partial charge in [0.1, 0.15) is 11.3 Å². The number of amides is 1. The summed E-state index contributed by atoms with van der Waals surface area (Å²) in [6.07, 6.45) is 3.14. The smallest absolute Gasteiger partial charge is 0.260 e. The maximum Gasteiger partial charge on any atom is 0.260 e. The van der Waals surface area contributed by atoms with E-state index in [1.807, 2.05) is 39.9 Å². The number of carbonyl (C=O) groups excluding carboxylic acids is 1. The molecular weight excluding hydrogens is 372 g/mol. The quantitative estimate of drug-likeness (QED) is 0.651. The van der Waals surface area contributed by atoms with Gasteiger partial charge in [0.25, 0.3) is 5.91 Å². The molecule has 0 aliphatic carbocycles. The monoisotopic (exact) mass is 400 g/mol. The summed E-state index contributed by atoms with van der Waals surface area (Å²) in [5.41, 5.74) is -0.351. The predicted octanol–water partition coefficient (Wildman–Crippen LogP) is 0.922. The van der Waals surface area contributed by atoms with Crippen molar-refractivity contribution in [2.45, 2.75) is 31.3 Å². The number of ether oxygens (including phenoxy) is 2. The van der Waals surface area contributed by atoms with Gasteiger partial charge in [0.15, 0.2) is 12.4 Å². The normalized spacial score (nSPS) is 22.3. The lowest BCUT2D eigenvalue weighted by Gasteiger charge is -2.37. The van der Waals surface area contributed by atoms with Crippen molar-refractivity contribution in [3.8, 4) is 5.75 Å². The zero-order valence-electron chi connectivity index (χ0n) is 16.9. The van der Waals surface area contributed by atoms with Gasteiger partial charge in [-0.2, -0.15) is 0 Å². The summed E-state index contributed by atoms with van der Waals surface area (Å²) in [6, 6.07) is 9.43. The molecule has 2 aromatic rings. The van der Waals surface area contributed by atoms with Crippen LogP contribution in [0.3, 0.4) is 0 Å². The lowest BCUT2D eigenvalue weighted by molar-refractivity contribution is -0.132. The number of nitrogens with zero attached hydrogens (tertiary/aromatic N) is 6. The Balaban J connectivity index is 1.50. The van der Waals surface area contributed by atoms with Crippen LogP contribution in [0.5, 0.6) is 5.75 Å². The second kappa shape index (κ2) is 8.87. The number of hydrogen-bond acceptors (Lipinski definition) is 7. The van der Waals surface area contributed by atoms with Crippen molar-refractivity contribution in [3.63, 3.8) is 0 Å². The second-order valence-electron chi connectivity index (χ2n) is 7.61. The Morgan fingerprint density at radius 3 is 2.72 bits per heavy atom. The van der Waals surface area contributed by atoms with E-state index in [1.165, 1.54) is 0 Å². The Morgan fingerprint density at radius 2 is 1.97 bits per heavy atom. The van der Waals surface area contributed by atoms with Gasteiger partial charge in [-0.3, -0.25) is 9.69 Å². The molecule has 156 valence electrons. The van der Waals surface area contributed by atoms with Crippen molar-refractivity contribution in [1.29, 1.82) is 0 Å². The molecule has 1 unspecified atom stereocenters. The van der Waals surface area contributed by atoms with Crippen LogP contribution >= 0.6 is 0 Å². The van der Waals surface area contributed by atoms with E-state index in [0.717, 1.165) is 38.2 Å². The molecule has 1 amide bonds. The van der Waals surface area contributed by atoms with Crippen molar-refractivity contribution in [2.24, 2.45) is 0 Å². The lowest BCUT2D eigenvalue weighted by Crippen LogP contribution is -2.49. The SMILES string of the molecule is COCCn1nnnc1C1(N2CCCC2)CCN(C(=O)COc2ccccc2)C1. The van der Waals surface area contributed by atoms with E-state index in [-0.39, 0.29) is 18.1 Å². The summed E-state index contributed by atoms with van der Waals surface area (Å²) in [7, 11) is 1.67. The Kier molecular flexibility index (Phi) is 6.05. The van der Waals surface area contributed by atoms with Gasteiger partial charge in [-0.15, -0.1) is 5.10 Å². The molecule has 0 N–H and O–H groups in total. The van der Waals surface area contributed by atoms with Crippen LogP contribution in [0.2, 0.25) is 0 Å². The maximum absolute atomic E-state index is 12.9. The van der Waals surface area contributed by atoms with E-state index in [0.29, 0.717) is 32.0 Å². The molecule has 0 bridgehead atoms. The summed E-state index contributed by atoms with van der Waals surface area (Å²) in [4.78, 5) is 17.2. The van der Waals surface area contributed by atoms with E-state index < -0.39 is 0 Å². The number of likely N-dealkylation sites (tertiary alicyclic amines) is 2. The standard InChI is InChI=1S/C20H28N6O3/c1-28-14-13-26-19(21-22-23-26)20(25-10-5-6-11-25)9-12-24(16-20)18(27)15-29-17-7-3-2-4-8-17/h2-4,7-8H,5-6,9-16H2,1H3. The highest BCUT2D eigenvalue weighted by Crippen LogP contribution is 2.39. The molecule has 1 aromatic heterocycles. The van der Waals surface area contributed by atoms with Crippen LogP contribution in [0.25, 0.3) is 0 Å². The Hall–Kier alpha value is -2.52. The minimum atomic E-state index is -0.351. The number of methoxy groups -OCH3 is 1. The number of tetrazole rings is 1. The van der Waals surface area contributed by atoms with Crippen molar-refractivity contribution in [3.05, 3.63) is 36.2 Å².